The van der Waals surface area contributed by atoms with E-state index in [1.165, 1.54) is 41.9 Å². The number of methoxy groups -OCH3 is 1. The first-order chi connectivity index (χ1) is 31.7. The molecule has 0 aliphatic carbocycles. The van der Waals surface area contributed by atoms with Crippen molar-refractivity contribution in [3.63, 3.8) is 0 Å². The third-order valence-electron chi connectivity index (χ3n) is 11.5. The van der Waals surface area contributed by atoms with E-state index < -0.39 is 35.4 Å². The summed E-state index contributed by atoms with van der Waals surface area (Å²) in [6.45, 7) is 8.98. The molecule has 4 aromatic carbocycles. The van der Waals surface area contributed by atoms with Gasteiger partial charge in [0.05, 0.1) is 49.3 Å². The minimum Gasteiger partial charge on any atom is -0.493 e. The van der Waals surface area contributed by atoms with Gasteiger partial charge in [0.2, 0.25) is 0 Å². The average molecular weight is 994 g/mol. The lowest BCUT2D eigenvalue weighted by Crippen LogP contribution is -2.07. The van der Waals surface area contributed by atoms with Crippen LogP contribution in [-0.4, -0.2) is 42.5 Å². The predicted molar refractivity (Wildman–Crippen MR) is 255 cm³/mol. The molecular weight excluding hydrogens is 938 g/mol. The van der Waals surface area contributed by atoms with Gasteiger partial charge in [-0.15, -0.1) is 22.7 Å². The number of rotatable bonds is 21. The topological polar surface area (TPSA) is 102 Å². The van der Waals surface area contributed by atoms with Crippen LogP contribution in [0, 0.1) is 13.8 Å². The summed E-state index contributed by atoms with van der Waals surface area (Å²) >= 11 is 9.12. The van der Waals surface area contributed by atoms with Crippen molar-refractivity contribution >= 4 is 66.4 Å². The Bertz CT molecular complexity index is 2620. The fraction of sp³-hybridized carbons (Fsp3) is 0.412. The number of thiophene rings is 2. The Morgan fingerprint density at radius 3 is 1.45 bits per heavy atom. The van der Waals surface area contributed by atoms with Crippen LogP contribution in [0.3, 0.4) is 0 Å². The van der Waals surface area contributed by atoms with E-state index in [0.717, 1.165) is 82.3 Å². The highest BCUT2D eigenvalue weighted by atomic mass is 35.5. The van der Waals surface area contributed by atoms with E-state index >= 15 is 0 Å². The highest BCUT2D eigenvalue weighted by Crippen LogP contribution is 2.44. The lowest BCUT2D eigenvalue weighted by atomic mass is 9.94. The molecule has 6 aromatic rings. The molecule has 0 saturated carbocycles. The molecule has 2 unspecified atom stereocenters. The molecule has 2 heterocycles. The predicted octanol–water partition coefficient (Wildman–Crippen LogP) is 15.9. The zero-order chi connectivity index (χ0) is 49.1. The van der Waals surface area contributed by atoms with E-state index in [4.69, 9.17) is 36.0 Å². The summed E-state index contributed by atoms with van der Waals surface area (Å²) in [5, 5.41) is 20.0. The third-order valence-corrected chi connectivity index (χ3v) is 14.7. The van der Waals surface area contributed by atoms with Gasteiger partial charge >= 0.3 is 24.3 Å². The number of carboxylic acids is 2. The van der Waals surface area contributed by atoms with Crippen molar-refractivity contribution in [1.82, 2.24) is 0 Å². The maximum atomic E-state index is 13.2. The normalized spacial score (nSPS) is 12.7. The Hall–Kier alpha value is -4.99. The number of ether oxygens (including phenoxy) is 3. The molecule has 0 saturated heterocycles. The van der Waals surface area contributed by atoms with E-state index in [9.17, 15) is 35.9 Å². The van der Waals surface area contributed by atoms with E-state index in [1.807, 2.05) is 13.8 Å². The summed E-state index contributed by atoms with van der Waals surface area (Å²) in [7, 11) is 1.51. The Labute approximate surface area is 399 Å². The summed E-state index contributed by atoms with van der Waals surface area (Å²) in [6, 6.07) is 17.9. The number of carbonyl (C=O) groups is 2. The number of carboxylic acid groups (broad SMARTS) is 2. The van der Waals surface area contributed by atoms with E-state index in [1.54, 1.807) is 48.5 Å². The van der Waals surface area contributed by atoms with Crippen LogP contribution in [0.5, 0.6) is 17.2 Å². The Morgan fingerprint density at radius 1 is 0.612 bits per heavy atom. The maximum Gasteiger partial charge on any atom is 0.416 e. The van der Waals surface area contributed by atoms with Crippen LogP contribution in [0.2, 0.25) is 5.02 Å². The quantitative estimate of drug-likeness (QED) is 0.0693. The Kier molecular flexibility index (Phi) is 18.8. The van der Waals surface area contributed by atoms with Gasteiger partial charge in [0.1, 0.15) is 5.75 Å². The molecule has 0 bridgehead atoms. The molecule has 0 radical (unpaired) electrons. The number of hydrogen-bond donors (Lipinski definition) is 2. The molecule has 2 aromatic heterocycles. The van der Waals surface area contributed by atoms with Crippen molar-refractivity contribution < 1.29 is 60.4 Å². The van der Waals surface area contributed by atoms with Crippen LogP contribution in [0.25, 0.3) is 20.2 Å². The Morgan fingerprint density at radius 2 is 1.04 bits per heavy atom. The van der Waals surface area contributed by atoms with Gasteiger partial charge in [-0.3, -0.25) is 9.59 Å². The van der Waals surface area contributed by atoms with Crippen LogP contribution >= 0.6 is 34.3 Å². The summed E-state index contributed by atoms with van der Waals surface area (Å²) in [4.78, 5) is 24.0. The lowest BCUT2D eigenvalue weighted by Gasteiger charge is -2.18. The summed E-state index contributed by atoms with van der Waals surface area (Å²) < 4.78 is 97.5. The van der Waals surface area contributed by atoms with Gasteiger partial charge in [0.25, 0.3) is 0 Å². The molecule has 6 rings (SSSR count). The molecular formula is C51H55ClF6O7S2. The van der Waals surface area contributed by atoms with Gasteiger partial charge < -0.3 is 24.4 Å². The highest BCUT2D eigenvalue weighted by molar-refractivity contribution is 7.19. The number of fused-ring (bicyclic) bond motifs is 2. The summed E-state index contributed by atoms with van der Waals surface area (Å²) in [6.07, 6.45) is -1.60. The first-order valence-electron chi connectivity index (χ1n) is 22.1. The first-order valence-corrected chi connectivity index (χ1v) is 24.1. The molecule has 0 amide bonds. The van der Waals surface area contributed by atoms with Crippen molar-refractivity contribution in [1.29, 1.82) is 0 Å². The number of benzene rings is 4. The molecule has 2 N–H and O–H groups in total. The largest absolute Gasteiger partial charge is 0.493 e. The van der Waals surface area contributed by atoms with Gasteiger partial charge in [-0.25, -0.2) is 0 Å². The monoisotopic (exact) mass is 992 g/mol. The third kappa shape index (κ3) is 14.5. The molecule has 7 nitrogen and oxygen atoms in total. The number of unbranched alkanes of at least 4 members (excludes halogenated alkanes) is 2. The summed E-state index contributed by atoms with van der Waals surface area (Å²) in [5.41, 5.74) is 2.03. The first kappa shape index (κ1) is 53.0. The van der Waals surface area contributed by atoms with Gasteiger partial charge in [-0.1, -0.05) is 75.4 Å². The number of halogens is 7. The second kappa shape index (κ2) is 23.8. The highest BCUT2D eigenvalue weighted by Gasteiger charge is 2.32. The number of aliphatic carboxylic acids is 2. The molecule has 362 valence electrons. The van der Waals surface area contributed by atoms with Crippen molar-refractivity contribution in [2.24, 2.45) is 0 Å². The van der Waals surface area contributed by atoms with Crippen LogP contribution in [-0.2, 0) is 34.8 Å². The standard InChI is InChI=1S/C26H29F3O4S.C25H26ClF3O3S/c1-4-5-6-18(11-12-33-21-10-7-17(14-24(30)31)13-22(21)32-3)25-16(2)20-9-8-19(26(27,28)29)15-23(20)34-25;1-3-4-5-17(10-11-32-21-9-6-16(12-20(21)26)13-23(30)31)24-15(2)19-8-7-18(25(27,28)29)14-22(19)33-24/h7-10,13,15,18H,4-6,11-12,14H2,1-3H3,(H,30,31);6-9,12,14,17H,3-5,10-11,13H2,1-2H3,(H,30,31). The average Bonchev–Trinajstić information content (AvgIpc) is 3.78. The van der Waals surface area contributed by atoms with Crippen molar-refractivity contribution in [2.45, 2.75) is 116 Å². The van der Waals surface area contributed by atoms with Crippen LogP contribution in [0.4, 0.5) is 26.3 Å². The van der Waals surface area contributed by atoms with Crippen molar-refractivity contribution in [3.8, 4) is 17.2 Å². The second-order valence-electron chi connectivity index (χ2n) is 16.4. The minimum atomic E-state index is -4.36. The fourth-order valence-corrected chi connectivity index (χ4v) is 11.1. The molecule has 2 atom stereocenters. The zero-order valence-electron chi connectivity index (χ0n) is 38.0. The van der Waals surface area contributed by atoms with Crippen LogP contribution < -0.4 is 14.2 Å². The maximum absolute atomic E-state index is 13.2. The van der Waals surface area contributed by atoms with Gasteiger partial charge in [0.15, 0.2) is 11.5 Å². The van der Waals surface area contributed by atoms with Crippen molar-refractivity contribution in [2.75, 3.05) is 20.3 Å². The van der Waals surface area contributed by atoms with Gasteiger partial charge in [-0.2, -0.15) is 26.3 Å². The van der Waals surface area contributed by atoms with Gasteiger partial charge in [0, 0.05) is 19.2 Å². The minimum absolute atomic E-state index is 0.100. The van der Waals surface area contributed by atoms with Crippen molar-refractivity contribution in [3.05, 3.63) is 121 Å². The van der Waals surface area contributed by atoms with E-state index in [2.05, 4.69) is 13.8 Å². The number of aryl methyl sites for hydroxylation is 2. The number of alkyl halides is 6. The SMILES string of the molecule is CCCCC(CCOc1ccc(CC(=O)O)cc1Cl)c1sc2cc(C(F)(F)F)ccc2c1C.CCCCC(CCOc1ccc(CC(=O)O)cc1OC)c1sc2cc(C(F)(F)F)ccc2c1C. The van der Waals surface area contributed by atoms with Crippen LogP contribution in [0.1, 0.15) is 120 Å². The summed E-state index contributed by atoms with van der Waals surface area (Å²) in [5.74, 6) is -0.0147. The molecule has 0 aliphatic rings. The lowest BCUT2D eigenvalue weighted by molar-refractivity contribution is -0.138. The Balaban J connectivity index is 0.000000251. The molecule has 16 heteroatoms. The smallest absolute Gasteiger partial charge is 0.416 e. The molecule has 0 spiro atoms. The zero-order valence-corrected chi connectivity index (χ0v) is 40.4. The number of hydrogen-bond acceptors (Lipinski definition) is 7. The van der Waals surface area contributed by atoms with Crippen LogP contribution in [0.15, 0.2) is 72.8 Å². The molecule has 0 aliphatic heterocycles. The second-order valence-corrected chi connectivity index (χ2v) is 19.0. The molecule has 0 fully saturated rings. The van der Waals surface area contributed by atoms with E-state index in [-0.39, 0.29) is 24.7 Å². The van der Waals surface area contributed by atoms with Gasteiger partial charge in [-0.05, 0) is 133 Å². The molecule has 67 heavy (non-hydrogen) atoms. The van der Waals surface area contributed by atoms with E-state index in [0.29, 0.717) is 68.9 Å². The fourth-order valence-electron chi connectivity index (χ4n) is 8.02.